The van der Waals surface area contributed by atoms with E-state index in [9.17, 15) is 14.4 Å². The SMILES string of the molecule is CC(C)(C)NCC(=O)N[C@H](CCC(N)=O)C(=O)O. The predicted octanol–water partition coefficient (Wildman–Crippen LogP) is -0.791. The molecule has 0 fully saturated rings. The summed E-state index contributed by atoms with van der Waals surface area (Å²) in [6.07, 6.45) is -0.0874. The van der Waals surface area contributed by atoms with E-state index in [0.29, 0.717) is 0 Å². The van der Waals surface area contributed by atoms with E-state index in [0.717, 1.165) is 0 Å². The van der Waals surface area contributed by atoms with Crippen molar-refractivity contribution in [1.29, 1.82) is 0 Å². The lowest BCUT2D eigenvalue weighted by Gasteiger charge is -2.21. The zero-order valence-electron chi connectivity index (χ0n) is 10.9. The summed E-state index contributed by atoms with van der Waals surface area (Å²) in [5.74, 6) is -2.20. The lowest BCUT2D eigenvalue weighted by molar-refractivity contribution is -0.142. The Hall–Kier alpha value is -1.63. The Morgan fingerprint density at radius 3 is 2.22 bits per heavy atom. The summed E-state index contributed by atoms with van der Waals surface area (Å²) in [6, 6.07) is -1.09. The van der Waals surface area contributed by atoms with Crippen LogP contribution in [0.4, 0.5) is 0 Å². The molecule has 0 aromatic heterocycles. The van der Waals surface area contributed by atoms with Crippen molar-refractivity contribution in [2.45, 2.75) is 45.2 Å². The van der Waals surface area contributed by atoms with Gasteiger partial charge in [0.05, 0.1) is 6.54 Å². The summed E-state index contributed by atoms with van der Waals surface area (Å²) in [5.41, 5.74) is 4.70. The molecule has 1 atom stereocenters. The zero-order valence-corrected chi connectivity index (χ0v) is 10.9. The maximum atomic E-state index is 11.5. The maximum Gasteiger partial charge on any atom is 0.326 e. The van der Waals surface area contributed by atoms with Crippen molar-refractivity contribution >= 4 is 17.8 Å². The first-order valence-corrected chi connectivity index (χ1v) is 5.67. The molecule has 0 aliphatic heterocycles. The lowest BCUT2D eigenvalue weighted by Crippen LogP contribution is -2.48. The minimum absolute atomic E-state index is 0.00801. The Balaban J connectivity index is 4.20. The summed E-state index contributed by atoms with van der Waals surface area (Å²) in [5, 5.41) is 14.1. The van der Waals surface area contributed by atoms with Crippen molar-refractivity contribution < 1.29 is 19.5 Å². The van der Waals surface area contributed by atoms with Crippen LogP contribution in [-0.4, -0.2) is 41.0 Å². The first-order valence-electron chi connectivity index (χ1n) is 5.67. The number of hydrogen-bond donors (Lipinski definition) is 4. The fourth-order valence-corrected chi connectivity index (χ4v) is 1.13. The molecular weight excluding hydrogens is 238 g/mol. The molecule has 0 heterocycles. The molecule has 0 radical (unpaired) electrons. The molecule has 0 spiro atoms. The molecule has 0 aromatic carbocycles. The van der Waals surface area contributed by atoms with Crippen LogP contribution in [0.25, 0.3) is 0 Å². The van der Waals surface area contributed by atoms with Gasteiger partial charge in [0.15, 0.2) is 0 Å². The van der Waals surface area contributed by atoms with Crippen LogP contribution in [-0.2, 0) is 14.4 Å². The number of nitrogens with one attached hydrogen (secondary N) is 2. The minimum Gasteiger partial charge on any atom is -0.480 e. The average molecular weight is 259 g/mol. The van der Waals surface area contributed by atoms with Gasteiger partial charge >= 0.3 is 5.97 Å². The highest BCUT2D eigenvalue weighted by Gasteiger charge is 2.21. The fourth-order valence-electron chi connectivity index (χ4n) is 1.13. The van der Waals surface area contributed by atoms with Crippen LogP contribution in [0.1, 0.15) is 33.6 Å². The maximum absolute atomic E-state index is 11.5. The number of carboxylic acid groups (broad SMARTS) is 1. The van der Waals surface area contributed by atoms with E-state index < -0.39 is 23.8 Å². The quantitative estimate of drug-likeness (QED) is 0.477. The van der Waals surface area contributed by atoms with Gasteiger partial charge in [-0.2, -0.15) is 0 Å². The summed E-state index contributed by atoms with van der Waals surface area (Å²) >= 11 is 0. The van der Waals surface area contributed by atoms with Gasteiger partial charge in [0.25, 0.3) is 0 Å². The van der Waals surface area contributed by atoms with Crippen molar-refractivity contribution in [3.63, 3.8) is 0 Å². The number of aliphatic carboxylic acids is 1. The molecule has 0 unspecified atom stereocenters. The Morgan fingerprint density at radius 1 is 1.28 bits per heavy atom. The van der Waals surface area contributed by atoms with Gasteiger partial charge in [-0.05, 0) is 27.2 Å². The highest BCUT2D eigenvalue weighted by atomic mass is 16.4. The van der Waals surface area contributed by atoms with E-state index in [1.54, 1.807) is 0 Å². The number of amides is 2. The number of nitrogens with two attached hydrogens (primary N) is 1. The van der Waals surface area contributed by atoms with Gasteiger partial charge in [-0.25, -0.2) is 4.79 Å². The Morgan fingerprint density at radius 2 is 1.83 bits per heavy atom. The third kappa shape index (κ3) is 8.51. The topological polar surface area (TPSA) is 122 Å². The van der Waals surface area contributed by atoms with E-state index in [4.69, 9.17) is 10.8 Å². The van der Waals surface area contributed by atoms with Crippen LogP contribution >= 0.6 is 0 Å². The van der Waals surface area contributed by atoms with Gasteiger partial charge in [0, 0.05) is 12.0 Å². The molecule has 0 bridgehead atoms. The average Bonchev–Trinajstić information content (AvgIpc) is 2.19. The van der Waals surface area contributed by atoms with E-state index >= 15 is 0 Å². The highest BCUT2D eigenvalue weighted by Crippen LogP contribution is 1.99. The number of rotatable bonds is 7. The largest absolute Gasteiger partial charge is 0.480 e. The van der Waals surface area contributed by atoms with Crippen LogP contribution in [0, 0.1) is 0 Å². The normalized spacial score (nSPS) is 12.8. The standard InChI is InChI=1S/C11H21N3O4/c1-11(2,3)13-6-9(16)14-7(10(17)18)4-5-8(12)15/h7,13H,4-6H2,1-3H3,(H2,12,15)(H,14,16)(H,17,18)/t7-/m1/s1. The summed E-state index contributed by atoms with van der Waals surface area (Å²) in [7, 11) is 0. The van der Waals surface area contributed by atoms with Crippen LogP contribution in [0.15, 0.2) is 0 Å². The van der Waals surface area contributed by atoms with Crippen LogP contribution < -0.4 is 16.4 Å². The second-order valence-corrected chi connectivity index (χ2v) is 5.07. The summed E-state index contributed by atoms with van der Waals surface area (Å²) < 4.78 is 0. The Bertz CT molecular complexity index is 323. The van der Waals surface area contributed by atoms with Gasteiger partial charge in [-0.15, -0.1) is 0 Å². The Labute approximate surface area is 106 Å². The summed E-state index contributed by atoms with van der Waals surface area (Å²) in [6.45, 7) is 5.69. The third-order valence-corrected chi connectivity index (χ3v) is 2.09. The second-order valence-electron chi connectivity index (χ2n) is 5.07. The third-order valence-electron chi connectivity index (χ3n) is 2.09. The minimum atomic E-state index is -1.18. The first-order chi connectivity index (χ1) is 8.11. The molecule has 18 heavy (non-hydrogen) atoms. The van der Waals surface area contributed by atoms with E-state index in [2.05, 4.69) is 10.6 Å². The van der Waals surface area contributed by atoms with Gasteiger partial charge in [0.2, 0.25) is 11.8 Å². The molecule has 7 nitrogen and oxygen atoms in total. The van der Waals surface area contributed by atoms with Gasteiger partial charge in [-0.3, -0.25) is 9.59 Å². The molecule has 7 heteroatoms. The van der Waals surface area contributed by atoms with Gasteiger partial charge < -0.3 is 21.5 Å². The first kappa shape index (κ1) is 16.4. The van der Waals surface area contributed by atoms with Crippen molar-refractivity contribution in [3.05, 3.63) is 0 Å². The second kappa shape index (κ2) is 6.95. The molecule has 104 valence electrons. The van der Waals surface area contributed by atoms with E-state index in [1.807, 2.05) is 20.8 Å². The number of carbonyl (C=O) groups excluding carboxylic acids is 2. The monoisotopic (exact) mass is 259 g/mol. The lowest BCUT2D eigenvalue weighted by atomic mass is 10.1. The molecule has 0 aliphatic rings. The highest BCUT2D eigenvalue weighted by molar-refractivity contribution is 5.85. The van der Waals surface area contributed by atoms with Gasteiger partial charge in [-0.1, -0.05) is 0 Å². The predicted molar refractivity (Wildman–Crippen MR) is 65.8 cm³/mol. The summed E-state index contributed by atoms with van der Waals surface area (Å²) in [4.78, 5) is 32.9. The van der Waals surface area contributed by atoms with Crippen LogP contribution in [0.3, 0.4) is 0 Å². The number of carboxylic acids is 1. The van der Waals surface area contributed by atoms with Crippen molar-refractivity contribution in [2.24, 2.45) is 5.73 Å². The van der Waals surface area contributed by atoms with Crippen molar-refractivity contribution in [3.8, 4) is 0 Å². The van der Waals surface area contributed by atoms with E-state index in [1.165, 1.54) is 0 Å². The molecule has 2 amide bonds. The zero-order chi connectivity index (χ0) is 14.3. The van der Waals surface area contributed by atoms with Gasteiger partial charge in [0.1, 0.15) is 6.04 Å². The molecule has 0 saturated carbocycles. The Kier molecular flexibility index (Phi) is 6.32. The smallest absolute Gasteiger partial charge is 0.326 e. The van der Waals surface area contributed by atoms with Crippen molar-refractivity contribution in [2.75, 3.05) is 6.54 Å². The molecular formula is C11H21N3O4. The molecule has 5 N–H and O–H groups in total. The van der Waals surface area contributed by atoms with Crippen LogP contribution in [0.2, 0.25) is 0 Å². The fraction of sp³-hybridized carbons (Fsp3) is 0.727. The van der Waals surface area contributed by atoms with E-state index in [-0.39, 0.29) is 24.9 Å². The molecule has 0 aliphatic carbocycles. The molecule has 0 saturated heterocycles. The van der Waals surface area contributed by atoms with Crippen molar-refractivity contribution in [1.82, 2.24) is 10.6 Å². The molecule has 0 rings (SSSR count). The number of primary amides is 1. The van der Waals surface area contributed by atoms with Crippen LogP contribution in [0.5, 0.6) is 0 Å². The molecule has 0 aromatic rings. The number of carbonyl (C=O) groups is 3. The number of hydrogen-bond acceptors (Lipinski definition) is 4.